The molecule has 1 aromatic heterocycles. The van der Waals surface area contributed by atoms with Gasteiger partial charge in [0.2, 0.25) is 0 Å². The van der Waals surface area contributed by atoms with Crippen molar-refractivity contribution in [2.24, 2.45) is 17.8 Å². The maximum atomic E-state index is 10.2. The van der Waals surface area contributed by atoms with Crippen LogP contribution in [0.1, 0.15) is 39.4 Å². The van der Waals surface area contributed by atoms with E-state index in [0.717, 1.165) is 18.3 Å². The number of aliphatic hydroxyl groups excluding tert-OH is 1. The van der Waals surface area contributed by atoms with Crippen LogP contribution in [0.25, 0.3) is 0 Å². The van der Waals surface area contributed by atoms with Crippen molar-refractivity contribution in [3.8, 4) is 0 Å². The zero-order chi connectivity index (χ0) is 12.4. The van der Waals surface area contributed by atoms with Crippen LogP contribution in [-0.2, 0) is 13.0 Å². The molecule has 17 heavy (non-hydrogen) atoms. The van der Waals surface area contributed by atoms with E-state index in [2.05, 4.69) is 30.9 Å². The fourth-order valence-electron chi connectivity index (χ4n) is 2.25. The molecule has 1 fully saturated rings. The van der Waals surface area contributed by atoms with Crippen molar-refractivity contribution < 1.29 is 5.11 Å². The van der Waals surface area contributed by atoms with Crippen LogP contribution >= 0.6 is 0 Å². The molecule has 1 aliphatic carbocycles. The van der Waals surface area contributed by atoms with Gasteiger partial charge in [-0.3, -0.25) is 0 Å². The van der Waals surface area contributed by atoms with Crippen molar-refractivity contribution in [2.45, 2.75) is 52.7 Å². The molecule has 0 amide bonds. The third-order valence-electron chi connectivity index (χ3n) is 3.60. The molecule has 0 bridgehead atoms. The highest BCUT2D eigenvalue weighted by atomic mass is 16.3. The standard InChI is InChI=1S/C13H23N3O/c1-9(2)7-16-13(14-8-15-16)6-12(17)10(3)11-4-5-11/h8-12,17H,4-7H2,1-3H3. The summed E-state index contributed by atoms with van der Waals surface area (Å²) in [5, 5.41) is 14.4. The van der Waals surface area contributed by atoms with E-state index in [1.165, 1.54) is 12.8 Å². The minimum Gasteiger partial charge on any atom is -0.392 e. The van der Waals surface area contributed by atoms with Crippen molar-refractivity contribution >= 4 is 0 Å². The highest BCUT2D eigenvalue weighted by Gasteiger charge is 2.33. The van der Waals surface area contributed by atoms with Gasteiger partial charge in [0.05, 0.1) is 6.10 Å². The zero-order valence-corrected chi connectivity index (χ0v) is 11.0. The van der Waals surface area contributed by atoms with Gasteiger partial charge in [-0.2, -0.15) is 5.10 Å². The Hall–Kier alpha value is -0.900. The Labute approximate surface area is 103 Å². The van der Waals surface area contributed by atoms with Gasteiger partial charge in [0.1, 0.15) is 12.2 Å². The first-order chi connectivity index (χ1) is 8.08. The van der Waals surface area contributed by atoms with E-state index in [1.54, 1.807) is 6.33 Å². The fraction of sp³-hybridized carbons (Fsp3) is 0.846. The average Bonchev–Trinajstić information content (AvgIpc) is 3.02. The summed E-state index contributed by atoms with van der Waals surface area (Å²) in [6.45, 7) is 7.34. The zero-order valence-electron chi connectivity index (χ0n) is 11.0. The predicted molar refractivity (Wildman–Crippen MR) is 66.5 cm³/mol. The largest absolute Gasteiger partial charge is 0.392 e. The lowest BCUT2D eigenvalue weighted by Crippen LogP contribution is -2.24. The summed E-state index contributed by atoms with van der Waals surface area (Å²) in [7, 11) is 0. The molecule has 0 aromatic carbocycles. The first kappa shape index (κ1) is 12.6. The topological polar surface area (TPSA) is 50.9 Å². The average molecular weight is 237 g/mol. The Bertz CT molecular complexity index is 357. The maximum Gasteiger partial charge on any atom is 0.138 e. The number of aliphatic hydroxyl groups is 1. The van der Waals surface area contributed by atoms with Gasteiger partial charge in [-0.25, -0.2) is 9.67 Å². The lowest BCUT2D eigenvalue weighted by atomic mass is 9.96. The molecule has 1 aromatic rings. The summed E-state index contributed by atoms with van der Waals surface area (Å²) in [6.07, 6.45) is 4.49. The predicted octanol–water partition coefficient (Wildman–Crippen LogP) is 1.88. The normalized spacial score (nSPS) is 19.6. The fourth-order valence-corrected chi connectivity index (χ4v) is 2.25. The molecule has 2 atom stereocenters. The van der Waals surface area contributed by atoms with Crippen molar-refractivity contribution in [1.82, 2.24) is 14.8 Å². The SMILES string of the molecule is CC(C)Cn1ncnc1CC(O)C(C)C1CC1. The highest BCUT2D eigenvalue weighted by Crippen LogP contribution is 2.38. The Kier molecular flexibility index (Phi) is 3.82. The molecule has 96 valence electrons. The molecule has 4 heteroatoms. The molecule has 0 aliphatic heterocycles. The summed E-state index contributed by atoms with van der Waals surface area (Å²) >= 11 is 0. The van der Waals surface area contributed by atoms with Crippen molar-refractivity contribution in [1.29, 1.82) is 0 Å². The number of hydrogen-bond donors (Lipinski definition) is 1. The van der Waals surface area contributed by atoms with Crippen LogP contribution in [0.3, 0.4) is 0 Å². The summed E-state index contributed by atoms with van der Waals surface area (Å²) in [5.41, 5.74) is 0. The van der Waals surface area contributed by atoms with Gasteiger partial charge in [0, 0.05) is 13.0 Å². The Morgan fingerprint density at radius 2 is 2.12 bits per heavy atom. The molecule has 0 saturated heterocycles. The monoisotopic (exact) mass is 237 g/mol. The van der Waals surface area contributed by atoms with Gasteiger partial charge >= 0.3 is 0 Å². The summed E-state index contributed by atoms with van der Waals surface area (Å²) in [6, 6.07) is 0. The Morgan fingerprint density at radius 3 is 2.71 bits per heavy atom. The molecule has 0 spiro atoms. The summed E-state index contributed by atoms with van der Waals surface area (Å²) < 4.78 is 1.92. The van der Waals surface area contributed by atoms with E-state index in [9.17, 15) is 5.11 Å². The summed E-state index contributed by atoms with van der Waals surface area (Å²) in [4.78, 5) is 4.26. The van der Waals surface area contributed by atoms with Gasteiger partial charge in [-0.05, 0) is 30.6 Å². The molecule has 2 rings (SSSR count). The van der Waals surface area contributed by atoms with E-state index >= 15 is 0 Å². The van der Waals surface area contributed by atoms with Crippen LogP contribution in [0.2, 0.25) is 0 Å². The molecular formula is C13H23N3O. The van der Waals surface area contributed by atoms with Crippen LogP contribution in [0.15, 0.2) is 6.33 Å². The molecule has 0 radical (unpaired) electrons. The smallest absolute Gasteiger partial charge is 0.138 e. The first-order valence-electron chi connectivity index (χ1n) is 6.62. The van der Waals surface area contributed by atoms with E-state index in [1.807, 2.05) is 4.68 Å². The van der Waals surface area contributed by atoms with Crippen LogP contribution in [-0.4, -0.2) is 26.0 Å². The molecule has 1 heterocycles. The third kappa shape index (κ3) is 3.28. The van der Waals surface area contributed by atoms with E-state index < -0.39 is 0 Å². The van der Waals surface area contributed by atoms with Gasteiger partial charge in [-0.1, -0.05) is 20.8 Å². The van der Waals surface area contributed by atoms with Gasteiger partial charge in [0.25, 0.3) is 0 Å². The first-order valence-corrected chi connectivity index (χ1v) is 6.62. The summed E-state index contributed by atoms with van der Waals surface area (Å²) in [5.74, 6) is 2.58. The quantitative estimate of drug-likeness (QED) is 0.822. The highest BCUT2D eigenvalue weighted by molar-refractivity contribution is 4.92. The van der Waals surface area contributed by atoms with Crippen LogP contribution in [0.5, 0.6) is 0 Å². The van der Waals surface area contributed by atoms with Gasteiger partial charge in [-0.15, -0.1) is 0 Å². The number of rotatable bonds is 6. The van der Waals surface area contributed by atoms with E-state index in [4.69, 9.17) is 0 Å². The Morgan fingerprint density at radius 1 is 1.41 bits per heavy atom. The third-order valence-corrected chi connectivity index (χ3v) is 3.60. The van der Waals surface area contributed by atoms with Gasteiger partial charge < -0.3 is 5.11 Å². The molecule has 1 N–H and O–H groups in total. The van der Waals surface area contributed by atoms with Crippen molar-refractivity contribution in [3.63, 3.8) is 0 Å². The number of nitrogens with zero attached hydrogens (tertiary/aromatic N) is 3. The number of aromatic nitrogens is 3. The molecular weight excluding hydrogens is 214 g/mol. The van der Waals surface area contributed by atoms with Crippen LogP contribution in [0.4, 0.5) is 0 Å². The lowest BCUT2D eigenvalue weighted by molar-refractivity contribution is 0.102. The molecule has 2 unspecified atom stereocenters. The molecule has 1 aliphatic rings. The van der Waals surface area contributed by atoms with Crippen LogP contribution in [0, 0.1) is 17.8 Å². The van der Waals surface area contributed by atoms with Crippen molar-refractivity contribution in [3.05, 3.63) is 12.2 Å². The second-order valence-electron chi connectivity index (χ2n) is 5.72. The Balaban J connectivity index is 1.95. The molecule has 1 saturated carbocycles. The second kappa shape index (κ2) is 5.17. The van der Waals surface area contributed by atoms with E-state index in [0.29, 0.717) is 18.3 Å². The van der Waals surface area contributed by atoms with Gasteiger partial charge in [0.15, 0.2) is 0 Å². The van der Waals surface area contributed by atoms with E-state index in [-0.39, 0.29) is 6.10 Å². The minimum atomic E-state index is -0.280. The molecule has 4 nitrogen and oxygen atoms in total. The number of hydrogen-bond acceptors (Lipinski definition) is 3. The maximum absolute atomic E-state index is 10.2. The second-order valence-corrected chi connectivity index (χ2v) is 5.72. The van der Waals surface area contributed by atoms with Crippen LogP contribution < -0.4 is 0 Å². The van der Waals surface area contributed by atoms with Crippen molar-refractivity contribution in [2.75, 3.05) is 0 Å². The lowest BCUT2D eigenvalue weighted by Gasteiger charge is -2.18. The minimum absolute atomic E-state index is 0.280.